The summed E-state index contributed by atoms with van der Waals surface area (Å²) in [7, 11) is 0. The van der Waals surface area contributed by atoms with Gasteiger partial charge in [-0.2, -0.15) is 0 Å². The Morgan fingerprint density at radius 3 is 2.38 bits per heavy atom. The van der Waals surface area contributed by atoms with Crippen LogP contribution in [0.4, 0.5) is 10.8 Å². The van der Waals surface area contributed by atoms with Crippen molar-refractivity contribution in [1.29, 1.82) is 0 Å². The number of H-pyrrole nitrogens is 1. The van der Waals surface area contributed by atoms with E-state index in [1.54, 1.807) is 60.8 Å². The van der Waals surface area contributed by atoms with Crippen molar-refractivity contribution in [3.63, 3.8) is 0 Å². The van der Waals surface area contributed by atoms with E-state index in [9.17, 15) is 14.4 Å². The molecule has 0 saturated carbocycles. The summed E-state index contributed by atoms with van der Waals surface area (Å²) in [5.41, 5.74) is 4.41. The van der Waals surface area contributed by atoms with Gasteiger partial charge in [0.1, 0.15) is 5.70 Å². The molecule has 0 spiro atoms. The number of hydrogen-bond acceptors (Lipinski definition) is 6. The van der Waals surface area contributed by atoms with Gasteiger partial charge in [-0.25, -0.2) is 4.98 Å². The smallest absolute Gasteiger partial charge is 0.272 e. The van der Waals surface area contributed by atoms with Crippen molar-refractivity contribution in [2.75, 3.05) is 10.6 Å². The Bertz CT molecular complexity index is 2070. The minimum atomic E-state index is -0.478. The first-order valence-electron chi connectivity index (χ1n) is 14.6. The second-order valence-electron chi connectivity index (χ2n) is 10.4. The van der Waals surface area contributed by atoms with Crippen molar-refractivity contribution in [3.05, 3.63) is 137 Å². The summed E-state index contributed by atoms with van der Waals surface area (Å²) in [6, 6.07) is 31.0. The van der Waals surface area contributed by atoms with Crippen molar-refractivity contribution in [2.24, 2.45) is 0 Å². The average Bonchev–Trinajstić information content (AvgIpc) is 3.73. The zero-order valence-corrected chi connectivity index (χ0v) is 27.4. The zero-order chi connectivity index (χ0) is 32.8. The van der Waals surface area contributed by atoms with Gasteiger partial charge < -0.3 is 20.9 Å². The number of hydrogen-bond donors (Lipinski definition) is 4. The Morgan fingerprint density at radius 1 is 0.894 bits per heavy atom. The minimum Gasteiger partial charge on any atom is -0.361 e. The molecule has 0 bridgehead atoms. The fourth-order valence-corrected chi connectivity index (χ4v) is 6.39. The predicted molar refractivity (Wildman–Crippen MR) is 192 cm³/mol. The lowest BCUT2D eigenvalue weighted by Crippen LogP contribution is -2.30. The fourth-order valence-electron chi connectivity index (χ4n) is 4.68. The van der Waals surface area contributed by atoms with E-state index >= 15 is 0 Å². The summed E-state index contributed by atoms with van der Waals surface area (Å²) < 4.78 is 0. The van der Waals surface area contributed by atoms with Crippen molar-refractivity contribution >= 4 is 80.2 Å². The maximum atomic E-state index is 13.5. The molecule has 0 aliphatic carbocycles. The SMILES string of the molecule is CC(Sc1ccc(NC(=O)/C(=C/c2c[nH]c3ccccc23)NC(=O)c2ccccc2)cc1)C(=O)Nc1nc(-c2ccc(Cl)cc2)cs1. The lowest BCUT2D eigenvalue weighted by molar-refractivity contribution is -0.115. The van der Waals surface area contributed by atoms with Crippen LogP contribution >= 0.6 is 34.7 Å². The van der Waals surface area contributed by atoms with E-state index in [0.717, 1.165) is 32.6 Å². The predicted octanol–water partition coefficient (Wildman–Crippen LogP) is 8.47. The topological polar surface area (TPSA) is 116 Å². The normalized spacial score (nSPS) is 12.0. The molecule has 0 radical (unpaired) electrons. The third-order valence-corrected chi connectivity index (χ3v) is 9.24. The number of para-hydroxylation sites is 1. The quantitative estimate of drug-likeness (QED) is 0.0858. The summed E-state index contributed by atoms with van der Waals surface area (Å²) in [6.45, 7) is 1.82. The van der Waals surface area contributed by atoms with E-state index in [-0.39, 0.29) is 11.6 Å². The summed E-state index contributed by atoms with van der Waals surface area (Å²) in [5, 5.41) is 12.1. The molecule has 8 nitrogen and oxygen atoms in total. The Morgan fingerprint density at radius 2 is 1.62 bits per heavy atom. The van der Waals surface area contributed by atoms with Gasteiger partial charge >= 0.3 is 0 Å². The molecule has 11 heteroatoms. The number of nitrogens with one attached hydrogen (secondary N) is 4. The summed E-state index contributed by atoms with van der Waals surface area (Å²) in [5.74, 6) is -1.05. The molecule has 0 aliphatic rings. The molecule has 6 aromatic rings. The molecule has 2 heterocycles. The molecule has 0 saturated heterocycles. The Labute approximate surface area is 284 Å². The van der Waals surface area contributed by atoms with Crippen LogP contribution in [0.25, 0.3) is 28.2 Å². The highest BCUT2D eigenvalue weighted by molar-refractivity contribution is 8.00. The third kappa shape index (κ3) is 7.98. The highest BCUT2D eigenvalue weighted by Crippen LogP contribution is 2.29. The summed E-state index contributed by atoms with van der Waals surface area (Å²) in [6.07, 6.45) is 3.45. The van der Waals surface area contributed by atoms with Gasteiger partial charge in [0.25, 0.3) is 11.8 Å². The van der Waals surface area contributed by atoms with Gasteiger partial charge in [0, 0.05) is 54.8 Å². The number of thioether (sulfide) groups is 1. The second-order valence-corrected chi connectivity index (χ2v) is 13.1. The van der Waals surface area contributed by atoms with Crippen molar-refractivity contribution in [1.82, 2.24) is 15.3 Å². The largest absolute Gasteiger partial charge is 0.361 e. The average molecular weight is 678 g/mol. The van der Waals surface area contributed by atoms with Crippen LogP contribution in [0, 0.1) is 0 Å². The lowest BCUT2D eigenvalue weighted by Gasteiger charge is -2.13. The number of nitrogens with zero attached hydrogens (tertiary/aromatic N) is 1. The van der Waals surface area contributed by atoms with Crippen molar-refractivity contribution in [2.45, 2.75) is 17.1 Å². The third-order valence-electron chi connectivity index (χ3n) is 7.12. The number of aromatic amines is 1. The number of anilines is 2. The van der Waals surface area contributed by atoms with Crippen LogP contribution in [0.15, 0.2) is 125 Å². The van der Waals surface area contributed by atoms with Crippen LogP contribution in [-0.2, 0) is 9.59 Å². The van der Waals surface area contributed by atoms with Crippen molar-refractivity contribution < 1.29 is 14.4 Å². The van der Waals surface area contributed by atoms with E-state index in [1.165, 1.54) is 23.1 Å². The molecular formula is C36H28ClN5O3S2. The molecule has 1 unspecified atom stereocenters. The van der Waals surface area contributed by atoms with Gasteiger partial charge in [-0.1, -0.05) is 60.1 Å². The molecule has 6 rings (SSSR count). The first-order chi connectivity index (χ1) is 22.8. The number of fused-ring (bicyclic) bond motifs is 1. The van der Waals surface area contributed by atoms with Gasteiger partial charge in [-0.15, -0.1) is 23.1 Å². The number of amides is 3. The fraction of sp³-hybridized carbons (Fsp3) is 0.0556. The number of thiazole rings is 1. The van der Waals surface area contributed by atoms with E-state index in [1.807, 2.05) is 66.9 Å². The van der Waals surface area contributed by atoms with Gasteiger partial charge in [-0.3, -0.25) is 14.4 Å². The minimum absolute atomic E-state index is 0.0914. The molecule has 4 N–H and O–H groups in total. The number of carbonyl (C=O) groups excluding carboxylic acids is 3. The molecule has 1 atom stereocenters. The van der Waals surface area contributed by atoms with Gasteiger partial charge in [-0.05, 0) is 67.6 Å². The molecule has 47 heavy (non-hydrogen) atoms. The standard InChI is InChI=1S/C36H28ClN5O3S2/c1-22(33(43)42-36-41-32(21-46-36)23-11-13-26(37)14-12-23)47-28-17-15-27(16-18-28)39-35(45)31(40-34(44)24-7-3-2-4-8-24)19-25-20-38-30-10-6-5-9-29(25)30/h2-22,38H,1H3,(H,39,45)(H,40,44)(H,41,42,43)/b31-19-. The van der Waals surface area contributed by atoms with Gasteiger partial charge in [0.15, 0.2) is 5.13 Å². The van der Waals surface area contributed by atoms with E-state index < -0.39 is 17.1 Å². The molecular weight excluding hydrogens is 650 g/mol. The van der Waals surface area contributed by atoms with Crippen LogP contribution < -0.4 is 16.0 Å². The highest BCUT2D eigenvalue weighted by Gasteiger charge is 2.18. The summed E-state index contributed by atoms with van der Waals surface area (Å²) in [4.78, 5) is 48.0. The number of benzene rings is 4. The molecule has 0 aliphatic heterocycles. The van der Waals surface area contributed by atoms with Crippen LogP contribution in [-0.4, -0.2) is 32.9 Å². The number of rotatable bonds is 10. The highest BCUT2D eigenvalue weighted by atomic mass is 35.5. The Balaban J connectivity index is 1.11. The second kappa shape index (κ2) is 14.5. The number of halogens is 1. The van der Waals surface area contributed by atoms with Crippen LogP contribution in [0.1, 0.15) is 22.8 Å². The Kier molecular flexibility index (Phi) is 9.82. The molecule has 4 aromatic carbocycles. The van der Waals surface area contributed by atoms with Crippen LogP contribution in [0.2, 0.25) is 5.02 Å². The van der Waals surface area contributed by atoms with Crippen molar-refractivity contribution in [3.8, 4) is 11.3 Å². The first kappa shape index (κ1) is 31.8. The monoisotopic (exact) mass is 677 g/mol. The summed E-state index contributed by atoms with van der Waals surface area (Å²) >= 11 is 8.72. The van der Waals surface area contributed by atoms with Gasteiger partial charge in [0.2, 0.25) is 5.91 Å². The lowest BCUT2D eigenvalue weighted by atomic mass is 10.1. The molecule has 234 valence electrons. The van der Waals surface area contributed by atoms with E-state index in [2.05, 4.69) is 25.9 Å². The molecule has 2 aromatic heterocycles. The van der Waals surface area contributed by atoms with E-state index in [4.69, 9.17) is 11.6 Å². The number of carbonyl (C=O) groups is 3. The maximum absolute atomic E-state index is 13.5. The maximum Gasteiger partial charge on any atom is 0.272 e. The Hall–Kier alpha value is -5.16. The van der Waals surface area contributed by atoms with Crippen LogP contribution in [0.5, 0.6) is 0 Å². The first-order valence-corrected chi connectivity index (χ1v) is 16.7. The van der Waals surface area contributed by atoms with Crippen LogP contribution in [0.3, 0.4) is 0 Å². The van der Waals surface area contributed by atoms with E-state index in [0.29, 0.717) is 21.4 Å². The molecule has 3 amide bonds. The van der Waals surface area contributed by atoms with Gasteiger partial charge in [0.05, 0.1) is 10.9 Å². The molecule has 0 fully saturated rings. The number of aromatic nitrogens is 2. The zero-order valence-electron chi connectivity index (χ0n) is 25.0.